The van der Waals surface area contributed by atoms with Crippen molar-refractivity contribution < 1.29 is 4.74 Å². The van der Waals surface area contributed by atoms with Crippen LogP contribution >= 0.6 is 11.3 Å². The van der Waals surface area contributed by atoms with Crippen molar-refractivity contribution in [1.82, 2.24) is 34.8 Å². The molecule has 0 radical (unpaired) electrons. The maximum Gasteiger partial charge on any atom is 0.189 e. The number of para-hydroxylation sites is 1. The van der Waals surface area contributed by atoms with Crippen molar-refractivity contribution in [3.63, 3.8) is 0 Å². The van der Waals surface area contributed by atoms with Crippen LogP contribution in [0.4, 0.5) is 22.6 Å². The number of fused-ring (bicyclic) bond motifs is 2. The van der Waals surface area contributed by atoms with Crippen molar-refractivity contribution in [2.45, 2.75) is 91.2 Å². The molecule has 1 aliphatic heterocycles. The molecule has 272 valence electrons. The molecule has 5 aromatic rings. The van der Waals surface area contributed by atoms with Crippen LogP contribution in [0.3, 0.4) is 0 Å². The molecule has 10 rings (SSSR count). The summed E-state index contributed by atoms with van der Waals surface area (Å²) < 4.78 is 10.3. The highest BCUT2D eigenvalue weighted by atomic mass is 32.1. The monoisotopic (exact) mass is 717 g/mol. The van der Waals surface area contributed by atoms with Gasteiger partial charge >= 0.3 is 0 Å². The lowest BCUT2D eigenvalue weighted by molar-refractivity contribution is -0.248. The molecule has 0 amide bonds. The first kappa shape index (κ1) is 33.9. The molecule has 0 saturated heterocycles. The number of anilines is 4. The maximum atomic E-state index is 6.88. The number of hydrogen-bond donors (Lipinski definition) is 1. The third-order valence-corrected chi connectivity index (χ3v) is 13.4. The highest BCUT2D eigenvalue weighted by Gasteiger charge is 2.66. The maximum absolute atomic E-state index is 6.88. The molecule has 4 saturated carbocycles. The predicted molar refractivity (Wildman–Crippen MR) is 209 cm³/mol. The largest absolute Gasteiger partial charge is 0.374 e. The fourth-order valence-electron chi connectivity index (χ4n) is 11.5. The molecule has 0 spiro atoms. The van der Waals surface area contributed by atoms with E-state index >= 15 is 0 Å². The second-order valence-corrected chi connectivity index (χ2v) is 18.6. The van der Waals surface area contributed by atoms with Gasteiger partial charge in [0.15, 0.2) is 16.8 Å². The minimum atomic E-state index is -0.0115. The summed E-state index contributed by atoms with van der Waals surface area (Å²) in [7, 11) is 4.27. The first-order valence-corrected chi connectivity index (χ1v) is 19.8. The molecule has 2 unspecified atom stereocenters. The first-order valence-electron chi connectivity index (χ1n) is 19.0. The molecule has 5 aliphatic rings. The smallest absolute Gasteiger partial charge is 0.189 e. The Morgan fingerprint density at radius 3 is 2.50 bits per heavy atom. The minimum absolute atomic E-state index is 0.0115. The highest BCUT2D eigenvalue weighted by Crippen LogP contribution is 2.72. The number of aromatic nitrogens is 6. The van der Waals surface area contributed by atoms with E-state index in [-0.39, 0.29) is 11.0 Å². The topological polar surface area (TPSA) is 97.1 Å². The van der Waals surface area contributed by atoms with E-state index in [1.54, 1.807) is 11.3 Å². The van der Waals surface area contributed by atoms with E-state index in [2.05, 4.69) is 84.9 Å². The number of ether oxygens (including phenoxy) is 1. The van der Waals surface area contributed by atoms with Crippen molar-refractivity contribution in [3.05, 3.63) is 65.6 Å². The average Bonchev–Trinajstić information content (AvgIpc) is 3.66. The summed E-state index contributed by atoms with van der Waals surface area (Å²) in [6, 6.07) is 12.5. The van der Waals surface area contributed by atoms with Gasteiger partial charge in [0.1, 0.15) is 5.82 Å². The van der Waals surface area contributed by atoms with Crippen LogP contribution in [0.1, 0.15) is 75.6 Å². The number of thiazole rings is 1. The van der Waals surface area contributed by atoms with Crippen LogP contribution in [0.15, 0.2) is 48.8 Å². The fourth-order valence-corrected chi connectivity index (χ4v) is 12.3. The number of nitrogens with one attached hydrogen (secondary N) is 1. The molecule has 10 nitrogen and oxygen atoms in total. The van der Waals surface area contributed by atoms with Gasteiger partial charge < -0.3 is 19.9 Å². The lowest BCUT2D eigenvalue weighted by atomic mass is 9.39. The van der Waals surface area contributed by atoms with Crippen LogP contribution in [0, 0.1) is 30.1 Å². The Labute approximate surface area is 311 Å². The summed E-state index contributed by atoms with van der Waals surface area (Å²) in [5.41, 5.74) is 7.62. The van der Waals surface area contributed by atoms with Crippen molar-refractivity contribution in [1.29, 1.82) is 0 Å². The zero-order valence-corrected chi connectivity index (χ0v) is 32.3. The van der Waals surface area contributed by atoms with E-state index in [1.807, 2.05) is 30.6 Å². The Hall–Kier alpha value is -3.93. The zero-order chi connectivity index (χ0) is 35.9. The summed E-state index contributed by atoms with van der Waals surface area (Å²) in [5.74, 6) is 2.55. The van der Waals surface area contributed by atoms with E-state index in [1.165, 1.54) is 43.4 Å². The van der Waals surface area contributed by atoms with Crippen LogP contribution in [0.25, 0.3) is 21.3 Å². The predicted octanol–water partition coefficient (Wildman–Crippen LogP) is 8.49. The summed E-state index contributed by atoms with van der Waals surface area (Å²) in [6.07, 6.45) is 13.4. The van der Waals surface area contributed by atoms with E-state index < -0.39 is 0 Å². The lowest BCUT2D eigenvalue weighted by Gasteiger charge is -2.69. The summed E-state index contributed by atoms with van der Waals surface area (Å²) >= 11 is 1.63. The Bertz CT molecular complexity index is 2090. The van der Waals surface area contributed by atoms with Gasteiger partial charge in [-0.2, -0.15) is 5.10 Å². The summed E-state index contributed by atoms with van der Waals surface area (Å²) in [4.78, 5) is 14.2. The van der Waals surface area contributed by atoms with Crippen LogP contribution in [-0.2, 0) is 17.7 Å². The Morgan fingerprint density at radius 1 is 0.942 bits per heavy atom. The van der Waals surface area contributed by atoms with Gasteiger partial charge in [0.2, 0.25) is 0 Å². The average molecular weight is 718 g/mol. The zero-order valence-electron chi connectivity index (χ0n) is 31.5. The molecule has 4 aliphatic carbocycles. The van der Waals surface area contributed by atoms with Gasteiger partial charge in [0, 0.05) is 53.8 Å². The minimum Gasteiger partial charge on any atom is -0.374 e. The standard InChI is InChI=1S/C41H51N9OS/c1-27-30-10-9-15-49(36(30)47-46-35(27)45-37-44-32-11-7-8-12-33(32)52-37)34-14-13-29(18-42-34)31-19-43-50(28(31)2)26-40-21-38(3)20-39(4,22-40)24-41(23-38,25-40)51-17-16-48(5)6/h7-8,11-14,18-19H,9-10,15-17,20-26H2,1-6H3,(H,44,45,46). The summed E-state index contributed by atoms with van der Waals surface area (Å²) in [5, 5.41) is 18.7. The van der Waals surface area contributed by atoms with Gasteiger partial charge in [-0.15, -0.1) is 10.2 Å². The van der Waals surface area contributed by atoms with E-state index in [4.69, 9.17) is 24.9 Å². The lowest BCUT2D eigenvalue weighted by Crippen LogP contribution is -2.64. The van der Waals surface area contributed by atoms with Crippen molar-refractivity contribution in [3.8, 4) is 11.1 Å². The molecule has 52 heavy (non-hydrogen) atoms. The van der Waals surface area contributed by atoms with Crippen molar-refractivity contribution in [2.24, 2.45) is 16.2 Å². The molecule has 1 aromatic carbocycles. The van der Waals surface area contributed by atoms with E-state index in [0.29, 0.717) is 10.8 Å². The van der Waals surface area contributed by atoms with Crippen LogP contribution in [0.5, 0.6) is 0 Å². The molecular weight excluding hydrogens is 667 g/mol. The fraction of sp³-hybridized carbons (Fsp3) is 0.537. The highest BCUT2D eigenvalue weighted by molar-refractivity contribution is 7.22. The molecule has 11 heteroatoms. The number of hydrogen-bond acceptors (Lipinski definition) is 10. The second-order valence-electron chi connectivity index (χ2n) is 17.6. The number of nitrogens with zero attached hydrogens (tertiary/aromatic N) is 8. The molecule has 1 N–H and O–H groups in total. The number of likely N-dealkylation sites (N-methyl/N-ethyl adjacent to an activating group) is 1. The van der Waals surface area contributed by atoms with Crippen molar-refractivity contribution in [2.75, 3.05) is 44.0 Å². The number of benzene rings is 1. The first-order chi connectivity index (χ1) is 24.9. The van der Waals surface area contributed by atoms with Gasteiger partial charge in [-0.3, -0.25) is 4.68 Å². The van der Waals surface area contributed by atoms with Gasteiger partial charge in [0.25, 0.3) is 0 Å². The van der Waals surface area contributed by atoms with E-state index in [0.717, 1.165) is 95.0 Å². The number of pyridine rings is 1. The third kappa shape index (κ3) is 5.98. The van der Waals surface area contributed by atoms with Crippen molar-refractivity contribution >= 4 is 44.1 Å². The van der Waals surface area contributed by atoms with Gasteiger partial charge in [-0.25, -0.2) is 9.97 Å². The molecule has 4 fully saturated rings. The number of rotatable bonds is 10. The Balaban J connectivity index is 0.931. The van der Waals surface area contributed by atoms with Crippen LogP contribution < -0.4 is 10.2 Å². The third-order valence-electron chi connectivity index (χ3n) is 12.4. The summed E-state index contributed by atoms with van der Waals surface area (Å²) in [6.45, 7) is 13.0. The van der Waals surface area contributed by atoms with Crippen LogP contribution in [-0.4, -0.2) is 74.2 Å². The van der Waals surface area contributed by atoms with E-state index in [9.17, 15) is 0 Å². The quantitative estimate of drug-likeness (QED) is 0.153. The van der Waals surface area contributed by atoms with Crippen LogP contribution in [0.2, 0.25) is 0 Å². The molecule has 5 heterocycles. The normalized spacial score (nSPS) is 27.9. The second kappa shape index (κ2) is 12.3. The van der Waals surface area contributed by atoms with Gasteiger partial charge in [0.05, 0.1) is 28.6 Å². The Kier molecular flexibility index (Phi) is 8.02. The Morgan fingerprint density at radius 2 is 1.75 bits per heavy atom. The van der Waals surface area contributed by atoms with Gasteiger partial charge in [-0.05, 0) is 120 Å². The SMILES string of the molecule is Cc1c(Nc2nc3ccccc3s2)nnc2c1CCCN2c1ccc(-c2cnn(CC34CC5(C)CC(C)(C3)CC(OCCN(C)C)(C5)C4)c2C)cn1. The van der Waals surface area contributed by atoms with Gasteiger partial charge in [-0.1, -0.05) is 37.3 Å². The molecule has 2 atom stereocenters. The molecule has 4 bridgehead atoms. The molecule has 4 aromatic heterocycles. The molecular formula is C41H51N9OS.